The minimum Gasteiger partial charge on any atom is -0.373 e. The standard InChI is InChI=1S/C24H25N5O/c30-24(26-16-19-12-7-13-25-19)21-15-23-27-20(17-8-3-1-4-9-17)14-22(29(23)28-21)18-10-5-2-6-11-18/h1-6,8-11,14-15,19,24-26,30H,7,12-13,16H2. The summed E-state index contributed by atoms with van der Waals surface area (Å²) in [5.41, 5.74) is 5.20. The average molecular weight is 399 g/mol. The quantitative estimate of drug-likeness (QED) is 0.434. The first kappa shape index (κ1) is 18.9. The summed E-state index contributed by atoms with van der Waals surface area (Å²) in [6.45, 7) is 1.76. The molecular weight excluding hydrogens is 374 g/mol. The van der Waals surface area contributed by atoms with Gasteiger partial charge in [0.05, 0.1) is 11.4 Å². The lowest BCUT2D eigenvalue weighted by Gasteiger charge is -2.14. The van der Waals surface area contributed by atoms with Crippen molar-refractivity contribution in [3.63, 3.8) is 0 Å². The lowest BCUT2D eigenvalue weighted by Crippen LogP contribution is -2.36. The van der Waals surface area contributed by atoms with Gasteiger partial charge in [-0.3, -0.25) is 5.32 Å². The van der Waals surface area contributed by atoms with Crippen LogP contribution in [-0.4, -0.2) is 38.8 Å². The fraction of sp³-hybridized carbons (Fsp3) is 0.250. The van der Waals surface area contributed by atoms with Crippen LogP contribution in [0.5, 0.6) is 0 Å². The van der Waals surface area contributed by atoms with Gasteiger partial charge in [0.25, 0.3) is 0 Å². The molecule has 3 N–H and O–H groups in total. The van der Waals surface area contributed by atoms with E-state index in [0.717, 1.165) is 35.5 Å². The highest BCUT2D eigenvalue weighted by Gasteiger charge is 2.19. The molecule has 5 rings (SSSR count). The molecule has 2 unspecified atom stereocenters. The van der Waals surface area contributed by atoms with Gasteiger partial charge in [0, 0.05) is 29.8 Å². The van der Waals surface area contributed by atoms with Crippen LogP contribution in [0.3, 0.4) is 0 Å². The lowest BCUT2D eigenvalue weighted by atomic mass is 10.1. The van der Waals surface area contributed by atoms with Crippen LogP contribution in [0.4, 0.5) is 0 Å². The fourth-order valence-electron chi connectivity index (χ4n) is 3.99. The minimum atomic E-state index is -0.835. The SMILES string of the molecule is OC(NCC1CCCN1)c1cc2nc(-c3ccccc3)cc(-c3ccccc3)n2n1. The maximum Gasteiger partial charge on any atom is 0.156 e. The predicted molar refractivity (Wildman–Crippen MR) is 118 cm³/mol. The lowest BCUT2D eigenvalue weighted by molar-refractivity contribution is 0.131. The maximum absolute atomic E-state index is 10.7. The molecule has 4 aromatic rings. The third-order valence-corrected chi connectivity index (χ3v) is 5.59. The molecule has 2 aromatic heterocycles. The Morgan fingerprint density at radius 1 is 1.03 bits per heavy atom. The van der Waals surface area contributed by atoms with Crippen LogP contribution in [0.1, 0.15) is 24.8 Å². The van der Waals surface area contributed by atoms with Gasteiger partial charge in [-0.05, 0) is 25.5 Å². The van der Waals surface area contributed by atoms with Crippen LogP contribution in [0, 0.1) is 0 Å². The third-order valence-electron chi connectivity index (χ3n) is 5.59. The summed E-state index contributed by atoms with van der Waals surface area (Å²) >= 11 is 0. The number of hydrogen-bond acceptors (Lipinski definition) is 5. The van der Waals surface area contributed by atoms with Gasteiger partial charge in [0.15, 0.2) is 5.65 Å². The van der Waals surface area contributed by atoms with Gasteiger partial charge in [-0.2, -0.15) is 5.10 Å². The maximum atomic E-state index is 10.7. The summed E-state index contributed by atoms with van der Waals surface area (Å²) in [5.74, 6) is 0. The first-order valence-corrected chi connectivity index (χ1v) is 10.4. The first-order chi connectivity index (χ1) is 14.8. The van der Waals surface area contributed by atoms with Crippen LogP contribution >= 0.6 is 0 Å². The molecule has 2 aromatic carbocycles. The second-order valence-corrected chi connectivity index (χ2v) is 7.70. The molecule has 1 fully saturated rings. The third kappa shape index (κ3) is 3.85. The Balaban J connectivity index is 1.54. The van der Waals surface area contributed by atoms with E-state index in [9.17, 15) is 5.11 Å². The summed E-state index contributed by atoms with van der Waals surface area (Å²) in [4.78, 5) is 4.82. The Hall–Kier alpha value is -3.06. The predicted octanol–water partition coefficient (Wildman–Crippen LogP) is 3.40. The highest BCUT2D eigenvalue weighted by molar-refractivity contribution is 5.71. The topological polar surface area (TPSA) is 74.5 Å². The van der Waals surface area contributed by atoms with Crippen molar-refractivity contribution in [1.29, 1.82) is 0 Å². The molecule has 6 nitrogen and oxygen atoms in total. The van der Waals surface area contributed by atoms with Gasteiger partial charge in [-0.15, -0.1) is 0 Å². The molecule has 0 radical (unpaired) electrons. The van der Waals surface area contributed by atoms with Gasteiger partial charge < -0.3 is 10.4 Å². The van der Waals surface area contributed by atoms with Crippen LogP contribution < -0.4 is 10.6 Å². The minimum absolute atomic E-state index is 0.402. The monoisotopic (exact) mass is 399 g/mol. The van der Waals surface area contributed by atoms with Gasteiger partial charge in [0.2, 0.25) is 0 Å². The van der Waals surface area contributed by atoms with E-state index in [4.69, 9.17) is 10.1 Å². The molecular formula is C24H25N5O. The Morgan fingerprint density at radius 3 is 2.47 bits per heavy atom. The molecule has 0 amide bonds. The summed E-state index contributed by atoms with van der Waals surface area (Å²) in [7, 11) is 0. The second-order valence-electron chi connectivity index (χ2n) is 7.70. The zero-order chi connectivity index (χ0) is 20.3. The van der Waals surface area contributed by atoms with Gasteiger partial charge >= 0.3 is 0 Å². The normalized spacial score (nSPS) is 17.4. The van der Waals surface area contributed by atoms with Crippen molar-refractivity contribution in [2.24, 2.45) is 0 Å². The van der Waals surface area contributed by atoms with Crippen molar-refractivity contribution in [3.8, 4) is 22.5 Å². The molecule has 152 valence electrons. The van der Waals surface area contributed by atoms with Gasteiger partial charge in [-0.25, -0.2) is 9.50 Å². The van der Waals surface area contributed by atoms with E-state index in [0.29, 0.717) is 23.9 Å². The van der Waals surface area contributed by atoms with Crippen molar-refractivity contribution >= 4 is 5.65 Å². The first-order valence-electron chi connectivity index (χ1n) is 10.4. The number of aliphatic hydroxyl groups is 1. The van der Waals surface area contributed by atoms with Crippen LogP contribution in [0.2, 0.25) is 0 Å². The molecule has 2 atom stereocenters. The molecule has 1 saturated heterocycles. The number of aromatic nitrogens is 3. The Kier molecular flexibility index (Phi) is 5.27. The summed E-state index contributed by atoms with van der Waals surface area (Å²) in [6.07, 6.45) is 1.48. The van der Waals surface area contributed by atoms with Crippen molar-refractivity contribution < 1.29 is 5.11 Å². The molecule has 0 saturated carbocycles. The summed E-state index contributed by atoms with van der Waals surface area (Å²) in [5, 5.41) is 22.0. The molecule has 3 heterocycles. The summed E-state index contributed by atoms with van der Waals surface area (Å²) in [6, 6.07) is 24.6. The number of aliphatic hydroxyl groups excluding tert-OH is 1. The van der Waals surface area contributed by atoms with Crippen LogP contribution in [0.15, 0.2) is 72.8 Å². The van der Waals surface area contributed by atoms with Crippen LogP contribution in [-0.2, 0) is 0 Å². The Bertz CT molecular complexity index is 1120. The molecule has 1 aliphatic rings. The Labute approximate surface area is 175 Å². The molecule has 6 heteroatoms. The van der Waals surface area contributed by atoms with E-state index < -0.39 is 6.23 Å². The number of hydrogen-bond donors (Lipinski definition) is 3. The van der Waals surface area contributed by atoms with E-state index in [1.165, 1.54) is 6.42 Å². The van der Waals surface area contributed by atoms with Gasteiger partial charge in [-0.1, -0.05) is 60.7 Å². The largest absolute Gasteiger partial charge is 0.373 e. The van der Waals surface area contributed by atoms with Crippen molar-refractivity contribution in [3.05, 3.63) is 78.5 Å². The summed E-state index contributed by atoms with van der Waals surface area (Å²) < 4.78 is 1.82. The molecule has 1 aliphatic heterocycles. The van der Waals surface area contributed by atoms with Gasteiger partial charge in [0.1, 0.15) is 11.9 Å². The van der Waals surface area contributed by atoms with E-state index >= 15 is 0 Å². The second kappa shape index (κ2) is 8.36. The highest BCUT2D eigenvalue weighted by atomic mass is 16.3. The highest BCUT2D eigenvalue weighted by Crippen LogP contribution is 2.27. The van der Waals surface area contributed by atoms with Crippen molar-refractivity contribution in [1.82, 2.24) is 25.2 Å². The average Bonchev–Trinajstić information content (AvgIpc) is 3.48. The van der Waals surface area contributed by atoms with E-state index in [1.54, 1.807) is 0 Å². The van der Waals surface area contributed by atoms with E-state index in [1.807, 2.05) is 47.0 Å². The number of nitrogens with one attached hydrogen (secondary N) is 2. The van der Waals surface area contributed by atoms with Crippen molar-refractivity contribution in [2.45, 2.75) is 25.1 Å². The number of rotatable bonds is 6. The van der Waals surface area contributed by atoms with E-state index in [2.05, 4.69) is 41.0 Å². The zero-order valence-corrected chi connectivity index (χ0v) is 16.7. The molecule has 0 bridgehead atoms. The fourth-order valence-corrected chi connectivity index (χ4v) is 3.99. The number of fused-ring (bicyclic) bond motifs is 1. The zero-order valence-electron chi connectivity index (χ0n) is 16.7. The van der Waals surface area contributed by atoms with Crippen molar-refractivity contribution in [2.75, 3.05) is 13.1 Å². The van der Waals surface area contributed by atoms with E-state index in [-0.39, 0.29) is 0 Å². The molecule has 0 spiro atoms. The number of benzene rings is 2. The smallest absolute Gasteiger partial charge is 0.156 e. The number of nitrogens with zero attached hydrogens (tertiary/aromatic N) is 3. The van der Waals surface area contributed by atoms with Crippen LogP contribution in [0.25, 0.3) is 28.2 Å². The molecule has 30 heavy (non-hydrogen) atoms. The Morgan fingerprint density at radius 2 is 1.77 bits per heavy atom. The molecule has 0 aliphatic carbocycles.